The summed E-state index contributed by atoms with van der Waals surface area (Å²) >= 11 is 6.00. The molecule has 98 valence electrons. The molecule has 1 aromatic carbocycles. The molecule has 1 aromatic rings. The first-order chi connectivity index (χ1) is 8.83. The topological polar surface area (TPSA) is 15.3 Å². The van der Waals surface area contributed by atoms with E-state index in [-0.39, 0.29) is 0 Å². The second-order valence-electron chi connectivity index (χ2n) is 5.53. The zero-order valence-electron chi connectivity index (χ0n) is 10.7. The summed E-state index contributed by atoms with van der Waals surface area (Å²) in [5.74, 6) is 0.959. The van der Waals surface area contributed by atoms with Crippen LogP contribution in [-0.4, -0.2) is 31.1 Å². The summed E-state index contributed by atoms with van der Waals surface area (Å²) < 4.78 is 0. The van der Waals surface area contributed by atoms with Crippen LogP contribution >= 0.6 is 11.6 Å². The van der Waals surface area contributed by atoms with Gasteiger partial charge in [0.1, 0.15) is 0 Å². The van der Waals surface area contributed by atoms with E-state index < -0.39 is 0 Å². The summed E-state index contributed by atoms with van der Waals surface area (Å²) in [4.78, 5) is 2.64. The van der Waals surface area contributed by atoms with E-state index in [9.17, 15) is 0 Å². The fourth-order valence-electron chi connectivity index (χ4n) is 2.84. The number of halogens is 1. The maximum Gasteiger partial charge on any atom is 0.0406 e. The van der Waals surface area contributed by atoms with Crippen molar-refractivity contribution in [2.24, 2.45) is 5.92 Å². The maximum absolute atomic E-state index is 6.00. The van der Waals surface area contributed by atoms with Crippen LogP contribution in [0.25, 0.3) is 0 Å². The van der Waals surface area contributed by atoms with Gasteiger partial charge in [-0.3, -0.25) is 4.90 Å². The number of nitrogens with one attached hydrogen (secondary N) is 1. The average molecular weight is 265 g/mol. The molecule has 2 aliphatic rings. The van der Waals surface area contributed by atoms with Crippen LogP contribution in [0.3, 0.4) is 0 Å². The van der Waals surface area contributed by atoms with Crippen molar-refractivity contribution < 1.29 is 0 Å². The summed E-state index contributed by atoms with van der Waals surface area (Å²) in [6.07, 6.45) is 4.17. The highest BCUT2D eigenvalue weighted by Gasteiger charge is 2.30. The quantitative estimate of drug-likeness (QED) is 0.899. The molecule has 1 N–H and O–H groups in total. The first-order valence-corrected chi connectivity index (χ1v) is 7.41. The number of piperazine rings is 1. The third kappa shape index (κ3) is 3.05. The highest BCUT2D eigenvalue weighted by Crippen LogP contribution is 2.40. The molecule has 0 spiro atoms. The molecule has 3 rings (SSSR count). The van der Waals surface area contributed by atoms with Gasteiger partial charge in [0.15, 0.2) is 0 Å². The van der Waals surface area contributed by atoms with Crippen molar-refractivity contribution in [2.75, 3.05) is 26.2 Å². The zero-order valence-corrected chi connectivity index (χ0v) is 11.5. The fourth-order valence-corrected chi connectivity index (χ4v) is 2.97. The summed E-state index contributed by atoms with van der Waals surface area (Å²) in [6.45, 7) is 4.57. The van der Waals surface area contributed by atoms with Gasteiger partial charge in [-0.1, -0.05) is 36.6 Å². The number of rotatable bonds is 4. The molecule has 3 heteroatoms. The van der Waals surface area contributed by atoms with Crippen molar-refractivity contribution in [1.29, 1.82) is 0 Å². The Morgan fingerprint density at radius 2 is 1.83 bits per heavy atom. The van der Waals surface area contributed by atoms with E-state index in [0.29, 0.717) is 6.04 Å². The van der Waals surface area contributed by atoms with Crippen LogP contribution in [0.1, 0.15) is 30.9 Å². The van der Waals surface area contributed by atoms with Gasteiger partial charge in [-0.15, -0.1) is 0 Å². The van der Waals surface area contributed by atoms with Gasteiger partial charge < -0.3 is 5.32 Å². The largest absolute Gasteiger partial charge is 0.314 e. The minimum Gasteiger partial charge on any atom is -0.314 e. The Hall–Kier alpha value is -0.570. The van der Waals surface area contributed by atoms with Gasteiger partial charge >= 0.3 is 0 Å². The van der Waals surface area contributed by atoms with Crippen molar-refractivity contribution in [3.05, 3.63) is 34.9 Å². The van der Waals surface area contributed by atoms with E-state index >= 15 is 0 Å². The summed E-state index contributed by atoms with van der Waals surface area (Å²) in [5.41, 5.74) is 1.44. The van der Waals surface area contributed by atoms with Crippen molar-refractivity contribution in [2.45, 2.75) is 25.3 Å². The van der Waals surface area contributed by atoms with Crippen molar-refractivity contribution in [3.8, 4) is 0 Å². The maximum atomic E-state index is 6.00. The number of benzene rings is 1. The Labute approximate surface area is 114 Å². The first-order valence-electron chi connectivity index (χ1n) is 7.03. The van der Waals surface area contributed by atoms with Crippen LogP contribution in [0.15, 0.2) is 24.3 Å². The SMILES string of the molecule is Clc1ccc([C@H](CC2CC2)N2CCNCC2)cc1. The van der Waals surface area contributed by atoms with Crippen LogP contribution in [-0.2, 0) is 0 Å². The second kappa shape index (κ2) is 5.60. The number of nitrogens with zero attached hydrogens (tertiary/aromatic N) is 1. The lowest BCUT2D eigenvalue weighted by Crippen LogP contribution is -2.45. The van der Waals surface area contributed by atoms with Crippen LogP contribution in [0, 0.1) is 5.92 Å². The van der Waals surface area contributed by atoms with Crippen molar-refractivity contribution >= 4 is 11.6 Å². The predicted octanol–water partition coefficient (Wildman–Crippen LogP) is 3.09. The van der Waals surface area contributed by atoms with Gasteiger partial charge in [-0.2, -0.15) is 0 Å². The highest BCUT2D eigenvalue weighted by atomic mass is 35.5. The predicted molar refractivity (Wildman–Crippen MR) is 76.0 cm³/mol. The smallest absolute Gasteiger partial charge is 0.0406 e. The molecule has 2 fully saturated rings. The van der Waals surface area contributed by atoms with Gasteiger partial charge in [0.25, 0.3) is 0 Å². The molecular formula is C15H21ClN2. The molecule has 0 radical (unpaired) electrons. The van der Waals surface area contributed by atoms with Gasteiger partial charge in [-0.05, 0) is 30.0 Å². The van der Waals surface area contributed by atoms with E-state index in [2.05, 4.69) is 22.3 Å². The van der Waals surface area contributed by atoms with Crippen LogP contribution in [0.4, 0.5) is 0 Å². The lowest BCUT2D eigenvalue weighted by molar-refractivity contribution is 0.160. The van der Waals surface area contributed by atoms with Crippen LogP contribution in [0.2, 0.25) is 5.02 Å². The molecule has 0 bridgehead atoms. The normalized spacial score (nSPS) is 22.9. The third-order valence-electron chi connectivity index (χ3n) is 4.10. The van der Waals surface area contributed by atoms with Crippen LogP contribution < -0.4 is 5.32 Å². The summed E-state index contributed by atoms with van der Waals surface area (Å²) in [6, 6.07) is 9.06. The molecule has 0 amide bonds. The van der Waals surface area contributed by atoms with Crippen molar-refractivity contribution in [3.63, 3.8) is 0 Å². The molecule has 0 aromatic heterocycles. The highest BCUT2D eigenvalue weighted by molar-refractivity contribution is 6.30. The molecule has 18 heavy (non-hydrogen) atoms. The monoisotopic (exact) mass is 264 g/mol. The molecule has 1 atom stereocenters. The van der Waals surface area contributed by atoms with E-state index in [4.69, 9.17) is 11.6 Å². The molecular weight excluding hydrogens is 244 g/mol. The Kier molecular flexibility index (Phi) is 3.88. The molecule has 1 saturated carbocycles. The molecule has 0 unspecified atom stereocenters. The number of hydrogen-bond acceptors (Lipinski definition) is 2. The van der Waals surface area contributed by atoms with Crippen LogP contribution in [0.5, 0.6) is 0 Å². The van der Waals surface area contributed by atoms with Gasteiger partial charge in [-0.25, -0.2) is 0 Å². The van der Waals surface area contributed by atoms with Gasteiger partial charge in [0.05, 0.1) is 0 Å². The Bertz CT molecular complexity index is 380. The lowest BCUT2D eigenvalue weighted by Gasteiger charge is -2.35. The Balaban J connectivity index is 1.76. The molecule has 1 aliphatic carbocycles. The fraction of sp³-hybridized carbons (Fsp3) is 0.600. The summed E-state index contributed by atoms with van der Waals surface area (Å²) in [5, 5.41) is 4.27. The van der Waals surface area contributed by atoms with Crippen molar-refractivity contribution in [1.82, 2.24) is 10.2 Å². The molecule has 1 aliphatic heterocycles. The minimum absolute atomic E-state index is 0.594. The van der Waals surface area contributed by atoms with Gasteiger partial charge in [0, 0.05) is 37.2 Å². The van der Waals surface area contributed by atoms with E-state index in [1.54, 1.807) is 0 Å². The Morgan fingerprint density at radius 3 is 2.44 bits per heavy atom. The zero-order chi connectivity index (χ0) is 12.4. The third-order valence-corrected chi connectivity index (χ3v) is 4.35. The van der Waals surface area contributed by atoms with E-state index in [1.807, 2.05) is 12.1 Å². The second-order valence-corrected chi connectivity index (χ2v) is 5.97. The molecule has 1 heterocycles. The average Bonchev–Trinajstić information content (AvgIpc) is 3.22. The standard InChI is InChI=1S/C15H21ClN2/c16-14-5-3-13(4-6-14)15(11-12-1-2-12)18-9-7-17-8-10-18/h3-6,12,15,17H,1-2,7-11H2/t15-/m0/s1. The van der Waals surface area contributed by atoms with E-state index in [0.717, 1.165) is 24.0 Å². The molecule has 2 nitrogen and oxygen atoms in total. The Morgan fingerprint density at radius 1 is 1.17 bits per heavy atom. The number of hydrogen-bond donors (Lipinski definition) is 1. The summed E-state index contributed by atoms with van der Waals surface area (Å²) in [7, 11) is 0. The molecule has 1 saturated heterocycles. The van der Waals surface area contributed by atoms with E-state index in [1.165, 1.54) is 37.9 Å². The lowest BCUT2D eigenvalue weighted by atomic mass is 9.99. The van der Waals surface area contributed by atoms with Gasteiger partial charge in [0.2, 0.25) is 0 Å². The first kappa shape index (κ1) is 12.5. The minimum atomic E-state index is 0.594.